The van der Waals surface area contributed by atoms with E-state index in [0.717, 1.165) is 10.6 Å². The number of rotatable bonds is 2. The van der Waals surface area contributed by atoms with Gasteiger partial charge in [0.05, 0.1) is 12.7 Å². The zero-order valence-corrected chi connectivity index (χ0v) is 8.91. The second kappa shape index (κ2) is 4.11. The maximum absolute atomic E-state index is 8.92. The summed E-state index contributed by atoms with van der Waals surface area (Å²) in [6.45, 7) is 0. The van der Waals surface area contributed by atoms with Crippen LogP contribution in [-0.2, 0) is 0 Å². The molecule has 0 N–H and O–H groups in total. The van der Waals surface area contributed by atoms with Crippen LogP contribution in [0.25, 0.3) is 10.6 Å². The minimum absolute atomic E-state index is 0.533. The molecular formula is C11H8N2OS. The van der Waals surface area contributed by atoms with Crippen molar-refractivity contribution in [2.24, 2.45) is 0 Å². The fraction of sp³-hybridized carbons (Fsp3) is 0.0909. The topological polar surface area (TPSA) is 45.9 Å². The van der Waals surface area contributed by atoms with Crippen LogP contribution < -0.4 is 4.74 Å². The lowest BCUT2D eigenvalue weighted by Crippen LogP contribution is -1.88. The Morgan fingerprint density at radius 3 is 2.93 bits per heavy atom. The molecule has 0 saturated heterocycles. The highest BCUT2D eigenvalue weighted by Crippen LogP contribution is 2.27. The molecule has 0 atom stereocenters. The third-order valence-electron chi connectivity index (χ3n) is 2.00. The maximum Gasteiger partial charge on any atom is 0.136 e. The van der Waals surface area contributed by atoms with Gasteiger partial charge in [-0.2, -0.15) is 5.26 Å². The first-order valence-corrected chi connectivity index (χ1v) is 5.21. The van der Waals surface area contributed by atoms with E-state index in [1.165, 1.54) is 0 Å². The van der Waals surface area contributed by atoms with Crippen LogP contribution in [-0.4, -0.2) is 12.1 Å². The first-order valence-electron chi connectivity index (χ1n) is 4.33. The summed E-state index contributed by atoms with van der Waals surface area (Å²) < 4.78 is 5.07. The minimum atomic E-state index is 0.533. The van der Waals surface area contributed by atoms with Crippen molar-refractivity contribution in [3.63, 3.8) is 0 Å². The molecule has 0 unspecified atom stereocenters. The Hall–Kier alpha value is -1.86. The Kier molecular flexibility index (Phi) is 2.66. The largest absolute Gasteiger partial charge is 0.495 e. The summed E-state index contributed by atoms with van der Waals surface area (Å²) in [5.74, 6) is 0.595. The second-order valence-corrected chi connectivity index (χ2v) is 3.76. The molecule has 0 aliphatic heterocycles. The van der Waals surface area contributed by atoms with Crippen molar-refractivity contribution in [2.45, 2.75) is 0 Å². The average Bonchev–Trinajstić information content (AvgIpc) is 2.81. The van der Waals surface area contributed by atoms with Gasteiger partial charge in [-0.15, -0.1) is 11.3 Å². The second-order valence-electron chi connectivity index (χ2n) is 2.86. The van der Waals surface area contributed by atoms with Crippen LogP contribution in [0.1, 0.15) is 5.56 Å². The molecule has 4 heteroatoms. The highest BCUT2D eigenvalue weighted by Gasteiger charge is 2.06. The Morgan fingerprint density at radius 2 is 2.33 bits per heavy atom. The standard InChI is InChI=1S/C11H8N2OS/c1-14-10-3-2-8(6-9(10)7-12)11-13-4-5-15-11/h2-6H,1H3. The molecule has 0 amide bonds. The number of thiazole rings is 1. The van der Waals surface area contributed by atoms with Crippen molar-refractivity contribution in [1.82, 2.24) is 4.98 Å². The van der Waals surface area contributed by atoms with E-state index in [-0.39, 0.29) is 0 Å². The first-order chi connectivity index (χ1) is 7.35. The molecule has 0 radical (unpaired) electrons. The third kappa shape index (κ3) is 1.83. The molecule has 74 valence electrons. The van der Waals surface area contributed by atoms with E-state index in [1.807, 2.05) is 11.4 Å². The van der Waals surface area contributed by atoms with Gasteiger partial charge in [0.1, 0.15) is 16.8 Å². The fourth-order valence-electron chi connectivity index (χ4n) is 1.29. The predicted octanol–water partition coefficient (Wildman–Crippen LogP) is 2.69. The Labute approximate surface area is 91.6 Å². The Morgan fingerprint density at radius 1 is 1.47 bits per heavy atom. The maximum atomic E-state index is 8.92. The third-order valence-corrected chi connectivity index (χ3v) is 2.82. The predicted molar refractivity (Wildman–Crippen MR) is 58.8 cm³/mol. The normalized spacial score (nSPS) is 9.60. The summed E-state index contributed by atoms with van der Waals surface area (Å²) in [5.41, 5.74) is 1.48. The van der Waals surface area contributed by atoms with Gasteiger partial charge in [-0.05, 0) is 18.2 Å². The van der Waals surface area contributed by atoms with Crippen LogP contribution in [0.4, 0.5) is 0 Å². The van der Waals surface area contributed by atoms with Crippen LogP contribution in [0.15, 0.2) is 29.8 Å². The van der Waals surface area contributed by atoms with Gasteiger partial charge < -0.3 is 4.74 Å². The highest BCUT2D eigenvalue weighted by molar-refractivity contribution is 7.13. The number of benzene rings is 1. The fourth-order valence-corrected chi connectivity index (χ4v) is 1.93. The summed E-state index contributed by atoms with van der Waals surface area (Å²) in [5, 5.41) is 11.7. The quantitative estimate of drug-likeness (QED) is 0.775. The van der Waals surface area contributed by atoms with Crippen molar-refractivity contribution in [3.8, 4) is 22.4 Å². The van der Waals surface area contributed by atoms with Crippen molar-refractivity contribution in [2.75, 3.05) is 7.11 Å². The molecule has 2 rings (SSSR count). The molecule has 0 saturated carbocycles. The lowest BCUT2D eigenvalue weighted by Gasteiger charge is -2.03. The molecule has 0 aliphatic rings. The van der Waals surface area contributed by atoms with Crippen LogP contribution >= 0.6 is 11.3 Å². The average molecular weight is 216 g/mol. The zero-order chi connectivity index (χ0) is 10.7. The SMILES string of the molecule is COc1ccc(-c2nccs2)cc1C#N. The van der Waals surface area contributed by atoms with E-state index in [4.69, 9.17) is 10.00 Å². The van der Waals surface area contributed by atoms with Crippen molar-refractivity contribution in [3.05, 3.63) is 35.3 Å². The summed E-state index contributed by atoms with van der Waals surface area (Å²) in [4.78, 5) is 4.19. The molecule has 0 bridgehead atoms. The van der Waals surface area contributed by atoms with Gasteiger partial charge in [-0.3, -0.25) is 0 Å². The summed E-state index contributed by atoms with van der Waals surface area (Å²) in [7, 11) is 1.55. The van der Waals surface area contributed by atoms with Crippen LogP contribution in [0, 0.1) is 11.3 Å². The lowest BCUT2D eigenvalue weighted by molar-refractivity contribution is 0.413. The Balaban J connectivity index is 2.49. The van der Waals surface area contributed by atoms with Gasteiger partial charge in [-0.25, -0.2) is 4.98 Å². The van der Waals surface area contributed by atoms with E-state index < -0.39 is 0 Å². The van der Waals surface area contributed by atoms with Crippen molar-refractivity contribution in [1.29, 1.82) is 5.26 Å². The Bertz CT molecular complexity index is 500. The molecule has 1 heterocycles. The number of hydrogen-bond acceptors (Lipinski definition) is 4. The minimum Gasteiger partial charge on any atom is -0.495 e. The monoisotopic (exact) mass is 216 g/mol. The van der Waals surface area contributed by atoms with E-state index in [9.17, 15) is 0 Å². The van der Waals surface area contributed by atoms with E-state index in [1.54, 1.807) is 36.8 Å². The number of nitriles is 1. The van der Waals surface area contributed by atoms with Gasteiger partial charge in [-0.1, -0.05) is 0 Å². The molecule has 0 fully saturated rings. The molecule has 1 aromatic carbocycles. The number of nitrogens with zero attached hydrogens (tertiary/aromatic N) is 2. The van der Waals surface area contributed by atoms with Crippen molar-refractivity contribution < 1.29 is 4.74 Å². The van der Waals surface area contributed by atoms with E-state index >= 15 is 0 Å². The summed E-state index contributed by atoms with van der Waals surface area (Å²) >= 11 is 1.55. The van der Waals surface area contributed by atoms with E-state index in [0.29, 0.717) is 11.3 Å². The summed E-state index contributed by atoms with van der Waals surface area (Å²) in [6.07, 6.45) is 1.75. The molecular weight excluding hydrogens is 208 g/mol. The molecule has 2 aromatic rings. The smallest absolute Gasteiger partial charge is 0.136 e. The summed E-state index contributed by atoms with van der Waals surface area (Å²) in [6, 6.07) is 7.58. The van der Waals surface area contributed by atoms with Gasteiger partial charge in [0.2, 0.25) is 0 Å². The van der Waals surface area contributed by atoms with Gasteiger partial charge in [0.15, 0.2) is 0 Å². The number of methoxy groups -OCH3 is 1. The van der Waals surface area contributed by atoms with Gasteiger partial charge in [0.25, 0.3) is 0 Å². The zero-order valence-electron chi connectivity index (χ0n) is 8.10. The van der Waals surface area contributed by atoms with Crippen LogP contribution in [0.5, 0.6) is 5.75 Å². The van der Waals surface area contributed by atoms with Crippen LogP contribution in [0.3, 0.4) is 0 Å². The number of ether oxygens (including phenoxy) is 1. The number of hydrogen-bond donors (Lipinski definition) is 0. The lowest BCUT2D eigenvalue weighted by atomic mass is 10.1. The van der Waals surface area contributed by atoms with E-state index in [2.05, 4.69) is 11.1 Å². The molecule has 1 aromatic heterocycles. The first kappa shape index (κ1) is 9.69. The molecule has 0 spiro atoms. The number of aromatic nitrogens is 1. The van der Waals surface area contributed by atoms with Crippen LogP contribution in [0.2, 0.25) is 0 Å². The molecule has 0 aliphatic carbocycles. The van der Waals surface area contributed by atoms with Crippen molar-refractivity contribution >= 4 is 11.3 Å². The molecule has 3 nitrogen and oxygen atoms in total. The van der Waals surface area contributed by atoms with Gasteiger partial charge >= 0.3 is 0 Å². The molecule has 15 heavy (non-hydrogen) atoms. The highest BCUT2D eigenvalue weighted by atomic mass is 32.1. The van der Waals surface area contributed by atoms with Gasteiger partial charge in [0, 0.05) is 17.1 Å².